The first kappa shape index (κ1) is 19.0. The minimum atomic E-state index is 0.157. The monoisotopic (exact) mass is 379 g/mol. The smallest absolute Gasteiger partial charge is 0.174 e. The van der Waals surface area contributed by atoms with Gasteiger partial charge in [0.05, 0.1) is 7.11 Å². The highest BCUT2D eigenvalue weighted by molar-refractivity contribution is 5.84. The van der Waals surface area contributed by atoms with Gasteiger partial charge in [0, 0.05) is 25.1 Å². The van der Waals surface area contributed by atoms with Crippen molar-refractivity contribution < 1.29 is 14.3 Å². The molecule has 0 radical (unpaired) electrons. The highest BCUT2D eigenvalue weighted by atomic mass is 16.5. The van der Waals surface area contributed by atoms with E-state index in [1.54, 1.807) is 7.11 Å². The van der Waals surface area contributed by atoms with Crippen LogP contribution in [0.5, 0.6) is 11.5 Å². The molecule has 1 unspecified atom stereocenters. The summed E-state index contributed by atoms with van der Waals surface area (Å²) in [5.74, 6) is 2.65. The van der Waals surface area contributed by atoms with Crippen LogP contribution in [-0.2, 0) is 24.1 Å². The molecule has 0 N–H and O–H groups in total. The van der Waals surface area contributed by atoms with Crippen LogP contribution in [0.3, 0.4) is 0 Å². The van der Waals surface area contributed by atoms with Crippen molar-refractivity contribution in [3.63, 3.8) is 0 Å². The van der Waals surface area contributed by atoms with Gasteiger partial charge in [-0.15, -0.1) is 0 Å². The number of hydrogen-bond donors (Lipinski definition) is 0. The predicted octanol–water partition coefficient (Wildman–Crippen LogP) is 3.79. The molecule has 4 nitrogen and oxygen atoms in total. The third kappa shape index (κ3) is 4.07. The van der Waals surface area contributed by atoms with Crippen molar-refractivity contribution in [1.82, 2.24) is 4.90 Å². The molecule has 1 aliphatic heterocycles. The number of likely N-dealkylation sites (N-methyl/N-ethyl adjacent to an activating group) is 1. The fourth-order valence-corrected chi connectivity index (χ4v) is 4.54. The molecule has 1 atom stereocenters. The lowest BCUT2D eigenvalue weighted by molar-refractivity contribution is -0.121. The third-order valence-electron chi connectivity index (χ3n) is 6.03. The van der Waals surface area contributed by atoms with Gasteiger partial charge in [-0.05, 0) is 67.5 Å². The maximum atomic E-state index is 11.5. The number of carbonyl (C=O) groups is 1. The second-order valence-electron chi connectivity index (χ2n) is 8.08. The highest BCUT2D eigenvalue weighted by Gasteiger charge is 2.24. The molecule has 1 aliphatic carbocycles. The molecule has 0 spiro atoms. The number of methoxy groups -OCH3 is 1. The van der Waals surface area contributed by atoms with Crippen molar-refractivity contribution in [1.29, 1.82) is 0 Å². The van der Waals surface area contributed by atoms with E-state index < -0.39 is 0 Å². The molecule has 0 aromatic heterocycles. The number of fused-ring (bicyclic) bond motifs is 2. The van der Waals surface area contributed by atoms with E-state index in [1.807, 2.05) is 6.07 Å². The molecule has 0 amide bonds. The highest BCUT2D eigenvalue weighted by Crippen LogP contribution is 2.37. The lowest BCUT2D eigenvalue weighted by Gasteiger charge is -2.30. The van der Waals surface area contributed by atoms with Gasteiger partial charge in [-0.2, -0.15) is 0 Å². The topological polar surface area (TPSA) is 38.8 Å². The van der Waals surface area contributed by atoms with Crippen LogP contribution in [0.25, 0.3) is 0 Å². The minimum Gasteiger partial charge on any atom is -0.496 e. The Morgan fingerprint density at radius 3 is 3.00 bits per heavy atom. The van der Waals surface area contributed by atoms with Gasteiger partial charge in [-0.25, -0.2) is 0 Å². The maximum absolute atomic E-state index is 11.5. The summed E-state index contributed by atoms with van der Waals surface area (Å²) in [7, 11) is 3.98. The molecule has 1 heterocycles. The fraction of sp³-hybridized carbons (Fsp3) is 0.458. The molecule has 2 aliphatic rings. The predicted molar refractivity (Wildman–Crippen MR) is 111 cm³/mol. The molecule has 2 aromatic carbocycles. The largest absolute Gasteiger partial charge is 0.496 e. The van der Waals surface area contributed by atoms with Crippen LogP contribution in [0.15, 0.2) is 36.4 Å². The number of rotatable bonds is 6. The maximum Gasteiger partial charge on any atom is 0.174 e. The molecule has 28 heavy (non-hydrogen) atoms. The zero-order valence-corrected chi connectivity index (χ0v) is 16.9. The van der Waals surface area contributed by atoms with E-state index in [0.717, 1.165) is 43.0 Å². The summed E-state index contributed by atoms with van der Waals surface area (Å²) in [6.45, 7) is 2.28. The van der Waals surface area contributed by atoms with E-state index in [2.05, 4.69) is 42.3 Å². The van der Waals surface area contributed by atoms with Gasteiger partial charge in [0.25, 0.3) is 0 Å². The minimum absolute atomic E-state index is 0.157. The number of Topliss-reactive ketones (excluding diaryl/α,β-unsaturated/α-hetero) is 1. The first-order valence-corrected chi connectivity index (χ1v) is 10.2. The van der Waals surface area contributed by atoms with Crippen molar-refractivity contribution in [3.05, 3.63) is 58.7 Å². The van der Waals surface area contributed by atoms with Gasteiger partial charge in [0.1, 0.15) is 18.1 Å². The van der Waals surface area contributed by atoms with E-state index in [0.29, 0.717) is 12.3 Å². The molecule has 0 saturated carbocycles. The molecule has 2 aromatic rings. The number of hydrogen-bond acceptors (Lipinski definition) is 4. The Morgan fingerprint density at radius 1 is 1.25 bits per heavy atom. The van der Waals surface area contributed by atoms with E-state index in [-0.39, 0.29) is 12.4 Å². The summed E-state index contributed by atoms with van der Waals surface area (Å²) < 4.78 is 11.2. The van der Waals surface area contributed by atoms with Gasteiger partial charge in [-0.1, -0.05) is 24.3 Å². The van der Waals surface area contributed by atoms with Crippen LogP contribution in [0, 0.1) is 0 Å². The van der Waals surface area contributed by atoms with Crippen molar-refractivity contribution >= 4 is 5.78 Å². The standard InChI is InChI=1S/C24H29NO3/c1-25(12-11-17-9-10-18-14-20(26)16-28-24(18)13-17)15-19-5-3-7-22-21(19)6-4-8-23(22)27-2/h4,6,8-10,13,19H,3,5,7,11-12,14-16H2,1-2H3. The van der Waals surface area contributed by atoms with E-state index in [9.17, 15) is 4.79 Å². The first-order valence-electron chi connectivity index (χ1n) is 10.2. The van der Waals surface area contributed by atoms with Crippen molar-refractivity contribution in [3.8, 4) is 11.5 Å². The number of benzene rings is 2. The zero-order valence-electron chi connectivity index (χ0n) is 16.9. The number of nitrogens with zero attached hydrogens (tertiary/aromatic N) is 1. The van der Waals surface area contributed by atoms with Crippen LogP contribution in [0.4, 0.5) is 0 Å². The Labute approximate surface area is 167 Å². The molecule has 0 bridgehead atoms. The van der Waals surface area contributed by atoms with Gasteiger partial charge >= 0.3 is 0 Å². The third-order valence-corrected chi connectivity index (χ3v) is 6.03. The Balaban J connectivity index is 1.37. The van der Waals surface area contributed by atoms with Crippen LogP contribution >= 0.6 is 0 Å². The molecular formula is C24H29NO3. The molecule has 0 fully saturated rings. The summed E-state index contributed by atoms with van der Waals surface area (Å²) in [6, 6.07) is 12.8. The van der Waals surface area contributed by atoms with Crippen molar-refractivity contribution in [2.24, 2.45) is 0 Å². The van der Waals surface area contributed by atoms with Crippen LogP contribution < -0.4 is 9.47 Å². The Kier molecular flexibility index (Phi) is 5.67. The van der Waals surface area contributed by atoms with Gasteiger partial charge in [0.15, 0.2) is 5.78 Å². The number of carbonyl (C=O) groups excluding carboxylic acids is 1. The van der Waals surface area contributed by atoms with Crippen LogP contribution in [-0.4, -0.2) is 44.5 Å². The Hall–Kier alpha value is -2.33. The average molecular weight is 380 g/mol. The van der Waals surface area contributed by atoms with E-state index in [1.165, 1.54) is 29.5 Å². The normalized spacial score (nSPS) is 18.4. The summed E-state index contributed by atoms with van der Waals surface area (Å²) in [5.41, 5.74) is 5.15. The Bertz CT molecular complexity index is 861. The lowest BCUT2D eigenvalue weighted by Crippen LogP contribution is -2.28. The number of ether oxygens (including phenoxy) is 2. The molecule has 0 saturated heterocycles. The SMILES string of the molecule is COc1cccc2c1CCCC2CN(C)CCc1ccc2c(c1)OCC(=O)C2. The molecule has 148 valence electrons. The van der Waals surface area contributed by atoms with Gasteiger partial charge < -0.3 is 14.4 Å². The van der Waals surface area contributed by atoms with Crippen molar-refractivity contribution in [2.75, 3.05) is 33.9 Å². The summed E-state index contributed by atoms with van der Waals surface area (Å²) in [4.78, 5) is 13.9. The second kappa shape index (κ2) is 8.36. The van der Waals surface area contributed by atoms with E-state index in [4.69, 9.17) is 9.47 Å². The second-order valence-corrected chi connectivity index (χ2v) is 8.08. The van der Waals surface area contributed by atoms with E-state index >= 15 is 0 Å². The summed E-state index contributed by atoms with van der Waals surface area (Å²) in [5, 5.41) is 0. The van der Waals surface area contributed by atoms with Gasteiger partial charge in [-0.3, -0.25) is 4.79 Å². The lowest BCUT2D eigenvalue weighted by atomic mass is 9.82. The fourth-order valence-electron chi connectivity index (χ4n) is 4.54. The quantitative estimate of drug-likeness (QED) is 0.765. The number of ketones is 1. The summed E-state index contributed by atoms with van der Waals surface area (Å²) in [6.07, 6.45) is 5.08. The molecule has 4 rings (SSSR count). The molecule has 4 heteroatoms. The Morgan fingerprint density at radius 2 is 2.14 bits per heavy atom. The summed E-state index contributed by atoms with van der Waals surface area (Å²) >= 11 is 0. The van der Waals surface area contributed by atoms with Crippen LogP contribution in [0.2, 0.25) is 0 Å². The average Bonchev–Trinajstić information content (AvgIpc) is 2.72. The first-order chi connectivity index (χ1) is 13.6. The van der Waals surface area contributed by atoms with Gasteiger partial charge in [0.2, 0.25) is 0 Å². The zero-order chi connectivity index (χ0) is 19.5. The van der Waals surface area contributed by atoms with Crippen LogP contribution in [0.1, 0.15) is 41.0 Å². The molecular weight excluding hydrogens is 350 g/mol. The van der Waals surface area contributed by atoms with Crippen molar-refractivity contribution in [2.45, 2.75) is 38.0 Å².